The van der Waals surface area contributed by atoms with Crippen LogP contribution in [0.3, 0.4) is 0 Å². The van der Waals surface area contributed by atoms with Gasteiger partial charge in [-0.1, -0.05) is 30.3 Å². The molecule has 1 saturated heterocycles. The molecule has 1 aliphatic heterocycles. The Morgan fingerprint density at radius 3 is 2.30 bits per heavy atom. The Balaban J connectivity index is 1.60. The van der Waals surface area contributed by atoms with Crippen LogP contribution in [-0.4, -0.2) is 34.2 Å². The maximum Gasteiger partial charge on any atom is 0.220 e. The van der Waals surface area contributed by atoms with Crippen molar-refractivity contribution < 1.29 is 9.90 Å². The van der Waals surface area contributed by atoms with Crippen molar-refractivity contribution in [3.05, 3.63) is 35.9 Å². The zero-order valence-electron chi connectivity index (χ0n) is 17.3. The highest BCUT2D eigenvalue weighted by Crippen LogP contribution is 2.35. The molecule has 1 aliphatic carbocycles. The van der Waals surface area contributed by atoms with Crippen LogP contribution < -0.4 is 10.6 Å². The van der Waals surface area contributed by atoms with Gasteiger partial charge in [-0.2, -0.15) is 0 Å². The van der Waals surface area contributed by atoms with E-state index in [1.54, 1.807) is 0 Å². The Hall–Kier alpha value is -1.39. The highest BCUT2D eigenvalue weighted by molar-refractivity contribution is 5.76. The van der Waals surface area contributed by atoms with Crippen molar-refractivity contribution in [2.75, 3.05) is 0 Å². The molecule has 1 atom stereocenters. The predicted molar refractivity (Wildman–Crippen MR) is 109 cm³/mol. The quantitative estimate of drug-likeness (QED) is 0.717. The highest BCUT2D eigenvalue weighted by Gasteiger charge is 2.39. The van der Waals surface area contributed by atoms with E-state index < -0.39 is 0 Å². The summed E-state index contributed by atoms with van der Waals surface area (Å²) >= 11 is 0. The number of nitrogens with one attached hydrogen (secondary N) is 2. The molecule has 1 aromatic carbocycles. The monoisotopic (exact) mass is 372 g/mol. The van der Waals surface area contributed by atoms with Crippen LogP contribution >= 0.6 is 0 Å². The van der Waals surface area contributed by atoms with Crippen molar-refractivity contribution in [1.82, 2.24) is 10.6 Å². The van der Waals surface area contributed by atoms with Crippen LogP contribution in [0, 0.1) is 11.8 Å². The summed E-state index contributed by atoms with van der Waals surface area (Å²) in [4.78, 5) is 12.9. The molecule has 0 aromatic heterocycles. The lowest BCUT2D eigenvalue weighted by molar-refractivity contribution is -0.124. The number of aliphatic hydroxyl groups excluding tert-OH is 1. The van der Waals surface area contributed by atoms with Gasteiger partial charge in [-0.05, 0) is 77.2 Å². The molecule has 27 heavy (non-hydrogen) atoms. The minimum Gasteiger partial charge on any atom is -0.393 e. The molecular formula is C23H36N2O2. The van der Waals surface area contributed by atoms with Crippen LogP contribution in [-0.2, 0) is 11.2 Å². The Labute approximate surface area is 164 Å². The van der Waals surface area contributed by atoms with Crippen molar-refractivity contribution in [3.63, 3.8) is 0 Å². The van der Waals surface area contributed by atoms with Crippen molar-refractivity contribution >= 4 is 5.91 Å². The molecule has 0 unspecified atom stereocenters. The van der Waals surface area contributed by atoms with Gasteiger partial charge in [0.15, 0.2) is 0 Å². The van der Waals surface area contributed by atoms with Crippen LogP contribution in [0.25, 0.3) is 0 Å². The molecular weight excluding hydrogens is 336 g/mol. The van der Waals surface area contributed by atoms with Crippen molar-refractivity contribution in [2.45, 2.75) is 89.4 Å². The van der Waals surface area contributed by atoms with Gasteiger partial charge in [-0.3, -0.25) is 4.79 Å². The first-order valence-corrected chi connectivity index (χ1v) is 10.4. The van der Waals surface area contributed by atoms with Crippen LogP contribution in [0.15, 0.2) is 30.3 Å². The molecule has 3 N–H and O–H groups in total. The fourth-order valence-corrected chi connectivity index (χ4v) is 5.37. The van der Waals surface area contributed by atoms with Crippen molar-refractivity contribution in [2.24, 2.45) is 11.8 Å². The van der Waals surface area contributed by atoms with Gasteiger partial charge < -0.3 is 15.7 Å². The molecule has 2 fully saturated rings. The number of aliphatic hydroxyl groups is 1. The normalized spacial score (nSPS) is 28.2. The molecule has 0 spiro atoms. The third-order valence-corrected chi connectivity index (χ3v) is 6.11. The Kier molecular flexibility index (Phi) is 5.97. The molecule has 4 nitrogen and oxygen atoms in total. The molecule has 4 heteroatoms. The Bertz CT molecular complexity index is 619. The highest BCUT2D eigenvalue weighted by atomic mass is 16.3. The molecule has 2 aliphatic rings. The Morgan fingerprint density at radius 2 is 1.74 bits per heavy atom. The standard InChI is InChI=1S/C23H36N2O2/c1-22(2)14-17(15-23(3,4)25-22)11-21(27)24-20(18-12-19(26)13-18)10-16-8-6-5-7-9-16/h5-9,17-20,25-26H,10-15H2,1-4H3,(H,24,27)/t18?,19?,20-/m0/s1. The lowest BCUT2D eigenvalue weighted by Gasteiger charge is -2.46. The summed E-state index contributed by atoms with van der Waals surface area (Å²) in [5, 5.41) is 16.7. The number of rotatable bonds is 6. The van der Waals surface area contributed by atoms with Crippen LogP contribution in [0.1, 0.15) is 65.4 Å². The smallest absolute Gasteiger partial charge is 0.220 e. The summed E-state index contributed by atoms with van der Waals surface area (Å²) in [6, 6.07) is 10.5. The summed E-state index contributed by atoms with van der Waals surface area (Å²) < 4.78 is 0. The average Bonchev–Trinajstić information content (AvgIpc) is 2.49. The zero-order chi connectivity index (χ0) is 19.7. The van der Waals surface area contributed by atoms with E-state index in [0.29, 0.717) is 18.3 Å². The summed E-state index contributed by atoms with van der Waals surface area (Å²) in [5.41, 5.74) is 1.37. The summed E-state index contributed by atoms with van der Waals surface area (Å²) in [5.74, 6) is 0.946. The van der Waals surface area contributed by atoms with Crippen molar-refractivity contribution in [3.8, 4) is 0 Å². The number of hydrogen-bond donors (Lipinski definition) is 3. The first kappa shape index (κ1) is 20.3. The van der Waals surface area contributed by atoms with Crippen LogP contribution in [0.4, 0.5) is 0 Å². The van der Waals surface area contributed by atoms with E-state index in [2.05, 4.69) is 50.5 Å². The molecule has 1 saturated carbocycles. The predicted octanol–water partition coefficient (Wildman–Crippen LogP) is 3.43. The van der Waals surface area contributed by atoms with E-state index in [4.69, 9.17) is 0 Å². The molecule has 0 radical (unpaired) electrons. The number of carbonyl (C=O) groups excluding carboxylic acids is 1. The number of benzene rings is 1. The zero-order valence-corrected chi connectivity index (χ0v) is 17.3. The molecule has 150 valence electrons. The van der Waals surface area contributed by atoms with Gasteiger partial charge in [-0.15, -0.1) is 0 Å². The molecule has 1 amide bonds. The second-order valence-corrected chi connectivity index (χ2v) is 10.1. The summed E-state index contributed by atoms with van der Waals surface area (Å²) in [7, 11) is 0. The number of amides is 1. The molecule has 3 rings (SSSR count). The van der Waals surface area contributed by atoms with Gasteiger partial charge in [0.1, 0.15) is 0 Å². The summed E-state index contributed by atoms with van der Waals surface area (Å²) in [6.45, 7) is 8.92. The fraction of sp³-hybridized carbons (Fsp3) is 0.696. The molecule has 0 bridgehead atoms. The third kappa shape index (κ3) is 5.79. The van der Waals surface area contributed by atoms with Gasteiger partial charge in [0.2, 0.25) is 5.91 Å². The van der Waals surface area contributed by atoms with Gasteiger partial charge >= 0.3 is 0 Å². The Morgan fingerprint density at radius 1 is 1.15 bits per heavy atom. The average molecular weight is 373 g/mol. The lowest BCUT2D eigenvalue weighted by Crippen LogP contribution is -2.58. The van der Waals surface area contributed by atoms with E-state index in [1.165, 1.54) is 5.56 Å². The maximum absolute atomic E-state index is 12.9. The number of piperidine rings is 1. The van der Waals surface area contributed by atoms with E-state index in [9.17, 15) is 9.90 Å². The SMILES string of the molecule is CC1(C)CC(CC(=O)N[C@@H](Cc2ccccc2)C2CC(O)C2)CC(C)(C)N1. The minimum atomic E-state index is -0.198. The van der Waals surface area contributed by atoms with E-state index >= 15 is 0 Å². The minimum absolute atomic E-state index is 0.0637. The molecule has 1 aromatic rings. The first-order valence-electron chi connectivity index (χ1n) is 10.4. The van der Waals surface area contributed by atoms with E-state index in [0.717, 1.165) is 32.1 Å². The largest absolute Gasteiger partial charge is 0.393 e. The van der Waals surface area contributed by atoms with Gasteiger partial charge in [0.25, 0.3) is 0 Å². The van der Waals surface area contributed by atoms with E-state index in [1.807, 2.05) is 18.2 Å². The van der Waals surface area contributed by atoms with Crippen LogP contribution in [0.5, 0.6) is 0 Å². The molecule has 1 heterocycles. The fourth-order valence-electron chi connectivity index (χ4n) is 5.37. The second kappa shape index (κ2) is 7.92. The third-order valence-electron chi connectivity index (χ3n) is 6.11. The van der Waals surface area contributed by atoms with Gasteiger partial charge in [-0.25, -0.2) is 0 Å². The maximum atomic E-state index is 12.9. The van der Waals surface area contributed by atoms with Gasteiger partial charge in [0.05, 0.1) is 6.10 Å². The second-order valence-electron chi connectivity index (χ2n) is 10.1. The number of carbonyl (C=O) groups is 1. The number of hydrogen-bond acceptors (Lipinski definition) is 3. The summed E-state index contributed by atoms with van der Waals surface area (Å²) in [6.07, 6.45) is 4.87. The van der Waals surface area contributed by atoms with Crippen molar-refractivity contribution in [1.29, 1.82) is 0 Å². The first-order chi connectivity index (χ1) is 12.6. The van der Waals surface area contributed by atoms with Crippen LogP contribution in [0.2, 0.25) is 0 Å². The topological polar surface area (TPSA) is 61.4 Å². The van der Waals surface area contributed by atoms with E-state index in [-0.39, 0.29) is 29.1 Å². The lowest BCUT2D eigenvalue weighted by atomic mass is 9.74. The van der Waals surface area contributed by atoms with Gasteiger partial charge in [0, 0.05) is 23.5 Å².